The van der Waals surface area contributed by atoms with E-state index in [1.807, 2.05) is 0 Å². The third-order valence-corrected chi connectivity index (χ3v) is 5.51. The van der Waals surface area contributed by atoms with Crippen LogP contribution in [-0.4, -0.2) is 72.1 Å². The van der Waals surface area contributed by atoms with E-state index in [1.165, 1.54) is 24.1 Å². The van der Waals surface area contributed by atoms with Gasteiger partial charge in [0.15, 0.2) is 12.2 Å². The molecule has 37 heavy (non-hydrogen) atoms. The average molecular weight is 543 g/mol. The molecule has 1 heterocycles. The van der Waals surface area contributed by atoms with Gasteiger partial charge in [0.25, 0.3) is 5.91 Å². The van der Waals surface area contributed by atoms with Gasteiger partial charge in [0.2, 0.25) is 6.35 Å². The smallest absolute Gasteiger partial charge is 0.416 e. The van der Waals surface area contributed by atoms with E-state index in [9.17, 15) is 28.2 Å². The van der Waals surface area contributed by atoms with Gasteiger partial charge in [-0.05, 0) is 35.9 Å². The molecule has 0 fully saturated rings. The fourth-order valence-electron chi connectivity index (χ4n) is 3.38. The molecule has 0 saturated heterocycles. The van der Waals surface area contributed by atoms with Crippen LogP contribution in [-0.2, 0) is 22.3 Å². The van der Waals surface area contributed by atoms with Gasteiger partial charge in [-0.25, -0.2) is 4.99 Å². The zero-order valence-corrected chi connectivity index (χ0v) is 20.5. The lowest BCUT2D eigenvalue weighted by Crippen LogP contribution is -2.56. The summed E-state index contributed by atoms with van der Waals surface area (Å²) in [6, 6.07) is 11.4. The Balaban J connectivity index is 1.66. The maximum atomic E-state index is 13.0. The number of hydrogen-bond acceptors (Lipinski definition) is 8. The Kier molecular flexibility index (Phi) is 9.61. The molecule has 9 nitrogen and oxygen atoms in total. The van der Waals surface area contributed by atoms with Crippen LogP contribution in [0.2, 0.25) is 5.02 Å². The number of amides is 1. The molecule has 0 saturated carbocycles. The van der Waals surface area contributed by atoms with E-state index in [-0.39, 0.29) is 50.2 Å². The summed E-state index contributed by atoms with van der Waals surface area (Å²) in [5.41, 5.74) is 0.0756. The number of nitrogens with zero attached hydrogens (tertiary/aromatic N) is 3. The minimum Gasteiger partial charge on any atom is -0.490 e. The fraction of sp³-hybridized carbons (Fsp3) is 0.333. The Morgan fingerprint density at radius 2 is 1.92 bits per heavy atom. The molecule has 1 aliphatic heterocycles. The maximum Gasteiger partial charge on any atom is 0.416 e. The first-order valence-corrected chi connectivity index (χ1v) is 11.5. The van der Waals surface area contributed by atoms with Crippen LogP contribution in [0.4, 0.5) is 13.2 Å². The number of ether oxygens (including phenoxy) is 2. The minimum absolute atomic E-state index is 0.0384. The first-order chi connectivity index (χ1) is 17.6. The summed E-state index contributed by atoms with van der Waals surface area (Å²) in [5.74, 6) is -0.454. The van der Waals surface area contributed by atoms with Crippen molar-refractivity contribution in [3.63, 3.8) is 0 Å². The zero-order valence-electron chi connectivity index (χ0n) is 19.8. The van der Waals surface area contributed by atoms with Crippen molar-refractivity contribution < 1.29 is 37.7 Å². The second-order valence-corrected chi connectivity index (χ2v) is 8.27. The van der Waals surface area contributed by atoms with Gasteiger partial charge in [0.1, 0.15) is 24.7 Å². The van der Waals surface area contributed by atoms with Crippen LogP contribution in [0.1, 0.15) is 11.1 Å². The second kappa shape index (κ2) is 12.7. The number of rotatable bonds is 11. The van der Waals surface area contributed by atoms with Crippen LogP contribution < -0.4 is 10.1 Å². The van der Waals surface area contributed by atoms with E-state index < -0.39 is 24.0 Å². The van der Waals surface area contributed by atoms with E-state index in [0.29, 0.717) is 5.02 Å². The van der Waals surface area contributed by atoms with Gasteiger partial charge in [-0.2, -0.15) is 13.2 Å². The van der Waals surface area contributed by atoms with Gasteiger partial charge in [0.05, 0.1) is 12.2 Å². The van der Waals surface area contributed by atoms with Crippen molar-refractivity contribution >= 4 is 23.9 Å². The number of β-amino-alcohol motifs (C(OH)–C–C–N with tert-alkyl or cyclic N) is 1. The highest BCUT2D eigenvalue weighted by molar-refractivity contribution is 6.30. The number of aliphatic imine (C=N–C) groups is 1. The molecular formula is C24H26ClF3N4O5. The zero-order chi connectivity index (χ0) is 27.0. The van der Waals surface area contributed by atoms with Gasteiger partial charge in [0, 0.05) is 25.2 Å². The van der Waals surface area contributed by atoms with Gasteiger partial charge >= 0.3 is 6.18 Å². The lowest BCUT2D eigenvalue weighted by Gasteiger charge is -2.40. The van der Waals surface area contributed by atoms with Crippen molar-refractivity contribution in [1.29, 1.82) is 0 Å². The summed E-state index contributed by atoms with van der Waals surface area (Å²) in [6.07, 6.45) is -4.80. The molecule has 3 rings (SSSR count). The normalized spacial score (nSPS) is 16.5. The van der Waals surface area contributed by atoms with Crippen LogP contribution in [0.3, 0.4) is 0 Å². The molecule has 0 radical (unpaired) electrons. The van der Waals surface area contributed by atoms with E-state index in [4.69, 9.17) is 21.1 Å². The maximum absolute atomic E-state index is 13.0. The SMILES string of the molecule is CN1C(/N=C/OCCOc2cccc(C(F)(F)F)c2)=C(NCc2ccc(Cl)cc2)C(=O)N(CCO)C1O. The summed E-state index contributed by atoms with van der Waals surface area (Å²) in [4.78, 5) is 19.6. The molecule has 0 spiro atoms. The Labute approximate surface area is 216 Å². The average Bonchev–Trinajstić information content (AvgIpc) is 2.87. The minimum atomic E-state index is -4.48. The van der Waals surface area contributed by atoms with Crippen LogP contribution in [0.15, 0.2) is 65.0 Å². The number of nitrogens with one attached hydrogen (secondary N) is 1. The molecule has 1 aliphatic rings. The lowest BCUT2D eigenvalue weighted by atomic mass is 10.2. The monoisotopic (exact) mass is 542 g/mol. The standard InChI is InChI=1S/C24H26ClF3N4O5/c1-31-21(30-15-36-11-12-37-19-4-2-3-17(13-19)24(26,27)28)20(22(34)32(9-10-33)23(31)35)29-14-16-5-7-18(25)8-6-16/h2-8,13,15,23,29,33,35H,9-12,14H2,1H3/b30-15+. The van der Waals surface area contributed by atoms with Gasteiger partial charge in [-0.15, -0.1) is 0 Å². The summed E-state index contributed by atoms with van der Waals surface area (Å²) in [5, 5.41) is 23.4. The molecular weight excluding hydrogens is 517 g/mol. The van der Waals surface area contributed by atoms with Crippen LogP contribution in [0.5, 0.6) is 5.75 Å². The highest BCUT2D eigenvalue weighted by atomic mass is 35.5. The van der Waals surface area contributed by atoms with Crippen molar-refractivity contribution in [2.45, 2.75) is 19.1 Å². The Hall–Kier alpha value is -3.48. The number of aliphatic hydroxyl groups is 2. The van der Waals surface area contributed by atoms with E-state index >= 15 is 0 Å². The molecule has 1 atom stereocenters. The molecule has 1 amide bonds. The summed E-state index contributed by atoms with van der Waals surface area (Å²) in [6.45, 7) is -0.307. The van der Waals surface area contributed by atoms with Gasteiger partial charge < -0.3 is 29.9 Å². The van der Waals surface area contributed by atoms with E-state index in [2.05, 4.69) is 10.3 Å². The predicted molar refractivity (Wildman–Crippen MR) is 129 cm³/mol. The van der Waals surface area contributed by atoms with Gasteiger partial charge in [-0.1, -0.05) is 29.8 Å². The molecule has 0 bridgehead atoms. The molecule has 200 valence electrons. The Bertz CT molecular complexity index is 1130. The first-order valence-electron chi connectivity index (χ1n) is 11.1. The largest absolute Gasteiger partial charge is 0.490 e. The van der Waals surface area contributed by atoms with Crippen molar-refractivity contribution in [2.24, 2.45) is 4.99 Å². The molecule has 13 heteroatoms. The lowest BCUT2D eigenvalue weighted by molar-refractivity contribution is -0.155. The summed E-state index contributed by atoms with van der Waals surface area (Å²) >= 11 is 5.91. The highest BCUT2D eigenvalue weighted by Crippen LogP contribution is 2.31. The van der Waals surface area contributed by atoms with Crippen LogP contribution in [0.25, 0.3) is 0 Å². The van der Waals surface area contributed by atoms with Crippen molar-refractivity contribution in [2.75, 3.05) is 33.4 Å². The second-order valence-electron chi connectivity index (χ2n) is 7.84. The number of benzene rings is 2. The third kappa shape index (κ3) is 7.51. The molecule has 3 N–H and O–H groups in total. The van der Waals surface area contributed by atoms with E-state index in [1.54, 1.807) is 24.3 Å². The van der Waals surface area contributed by atoms with Crippen molar-refractivity contribution in [3.8, 4) is 5.75 Å². The summed E-state index contributed by atoms with van der Waals surface area (Å²) < 4.78 is 49.0. The predicted octanol–water partition coefficient (Wildman–Crippen LogP) is 2.78. The van der Waals surface area contributed by atoms with Gasteiger partial charge in [-0.3, -0.25) is 9.69 Å². The number of carbonyl (C=O) groups excluding carboxylic acids is 1. The number of halogens is 4. The molecule has 1 unspecified atom stereocenters. The van der Waals surface area contributed by atoms with Crippen LogP contribution in [0, 0.1) is 0 Å². The topological polar surface area (TPSA) is 107 Å². The number of alkyl halides is 3. The van der Waals surface area contributed by atoms with Crippen molar-refractivity contribution in [3.05, 3.63) is 76.2 Å². The third-order valence-electron chi connectivity index (χ3n) is 5.26. The molecule has 0 aliphatic carbocycles. The quantitative estimate of drug-likeness (QED) is 0.228. The molecule has 0 aromatic heterocycles. The fourth-order valence-corrected chi connectivity index (χ4v) is 3.50. The Morgan fingerprint density at radius 3 is 2.59 bits per heavy atom. The Morgan fingerprint density at radius 1 is 1.19 bits per heavy atom. The number of carbonyl (C=O) groups is 1. The number of hydrogen-bond donors (Lipinski definition) is 3. The highest BCUT2D eigenvalue weighted by Gasteiger charge is 2.36. The summed E-state index contributed by atoms with van der Waals surface area (Å²) in [7, 11) is 1.51. The molecule has 2 aromatic rings. The van der Waals surface area contributed by atoms with Crippen LogP contribution >= 0.6 is 11.6 Å². The van der Waals surface area contributed by atoms with Crippen molar-refractivity contribution in [1.82, 2.24) is 15.1 Å². The van der Waals surface area contributed by atoms with E-state index in [0.717, 1.165) is 29.0 Å². The molecule has 2 aromatic carbocycles. The number of aliphatic hydroxyl groups excluding tert-OH is 2. The first kappa shape index (κ1) is 28.1.